The summed E-state index contributed by atoms with van der Waals surface area (Å²) in [6.45, 7) is 4.16. The van der Waals surface area contributed by atoms with E-state index in [2.05, 4.69) is 35.3 Å². The molecule has 0 saturated heterocycles. The number of pyridine rings is 1. The van der Waals surface area contributed by atoms with Crippen molar-refractivity contribution in [2.75, 3.05) is 5.32 Å². The number of nitriles is 1. The summed E-state index contributed by atoms with van der Waals surface area (Å²) < 4.78 is 1.88. The second-order valence-electron chi connectivity index (χ2n) is 5.74. The van der Waals surface area contributed by atoms with Gasteiger partial charge in [-0.05, 0) is 51.2 Å². The van der Waals surface area contributed by atoms with Crippen molar-refractivity contribution in [3.05, 3.63) is 35.3 Å². The van der Waals surface area contributed by atoms with E-state index in [4.69, 9.17) is 0 Å². The summed E-state index contributed by atoms with van der Waals surface area (Å²) in [7, 11) is 0. The van der Waals surface area contributed by atoms with Crippen LogP contribution in [0.4, 0.5) is 11.5 Å². The van der Waals surface area contributed by atoms with Gasteiger partial charge in [0.2, 0.25) is 0 Å². The number of rotatable bonds is 3. The third-order valence-electron chi connectivity index (χ3n) is 3.81. The van der Waals surface area contributed by atoms with Crippen molar-refractivity contribution < 1.29 is 0 Å². The van der Waals surface area contributed by atoms with Gasteiger partial charge in [-0.2, -0.15) is 10.4 Å². The first-order chi connectivity index (χ1) is 10.2. The van der Waals surface area contributed by atoms with E-state index in [9.17, 15) is 5.26 Å². The van der Waals surface area contributed by atoms with Crippen molar-refractivity contribution in [1.29, 1.82) is 5.26 Å². The molecule has 1 aliphatic rings. The summed E-state index contributed by atoms with van der Waals surface area (Å²) in [6, 6.07) is 4.54. The number of aromatic nitrogens is 3. The zero-order chi connectivity index (χ0) is 14.8. The summed E-state index contributed by atoms with van der Waals surface area (Å²) in [4.78, 5) is 4.66. The number of anilines is 2. The molecule has 0 spiro atoms. The maximum absolute atomic E-state index is 9.34. The second-order valence-corrected chi connectivity index (χ2v) is 5.74. The Kier molecular flexibility index (Phi) is 3.61. The first kappa shape index (κ1) is 13.6. The zero-order valence-electron chi connectivity index (χ0n) is 12.4. The van der Waals surface area contributed by atoms with E-state index in [-0.39, 0.29) is 0 Å². The molecule has 3 rings (SSSR count). The molecule has 0 amide bonds. The maximum atomic E-state index is 9.34. The summed E-state index contributed by atoms with van der Waals surface area (Å²) in [5.74, 6) is 0.640. The molecule has 0 aliphatic heterocycles. The predicted molar refractivity (Wildman–Crippen MR) is 81.5 cm³/mol. The lowest BCUT2D eigenvalue weighted by molar-refractivity contribution is 0.532. The molecular weight excluding hydrogens is 262 g/mol. The van der Waals surface area contributed by atoms with Crippen LogP contribution < -0.4 is 5.32 Å². The smallest absolute Gasteiger partial charge is 0.148 e. The maximum Gasteiger partial charge on any atom is 0.148 e. The van der Waals surface area contributed by atoms with Crippen LogP contribution in [0, 0.1) is 11.3 Å². The molecule has 0 saturated carbocycles. The monoisotopic (exact) mass is 281 g/mol. The van der Waals surface area contributed by atoms with E-state index in [1.165, 1.54) is 18.4 Å². The lowest BCUT2D eigenvalue weighted by atomic mass is 9.95. The van der Waals surface area contributed by atoms with Crippen molar-refractivity contribution in [2.24, 2.45) is 0 Å². The Bertz CT molecular complexity index is 693. The molecule has 2 heterocycles. The van der Waals surface area contributed by atoms with Crippen LogP contribution in [-0.2, 0) is 12.8 Å². The van der Waals surface area contributed by atoms with Gasteiger partial charge in [0, 0.05) is 17.9 Å². The topological polar surface area (TPSA) is 66.5 Å². The molecule has 2 aromatic rings. The molecule has 0 bridgehead atoms. The van der Waals surface area contributed by atoms with Crippen molar-refractivity contribution in [3.63, 3.8) is 0 Å². The standard InChI is InChI=1S/C16H19N5/c1-11(2)21-10-14(9-18-21)19-16-13(8-17)7-12-5-3-4-6-15(12)20-16/h7,9-11H,3-6H2,1-2H3,(H,19,20). The average molecular weight is 281 g/mol. The molecule has 2 aromatic heterocycles. The Hall–Kier alpha value is -2.35. The minimum absolute atomic E-state index is 0.312. The normalized spacial score (nSPS) is 13.8. The van der Waals surface area contributed by atoms with Crippen LogP contribution in [0.25, 0.3) is 0 Å². The second kappa shape index (κ2) is 5.57. The number of nitrogens with one attached hydrogen (secondary N) is 1. The van der Waals surface area contributed by atoms with Gasteiger partial charge in [-0.25, -0.2) is 4.98 Å². The van der Waals surface area contributed by atoms with E-state index in [0.717, 1.165) is 24.2 Å². The van der Waals surface area contributed by atoms with Gasteiger partial charge in [-0.1, -0.05) is 0 Å². The molecular formula is C16H19N5. The Morgan fingerprint density at radius 2 is 2.14 bits per heavy atom. The highest BCUT2D eigenvalue weighted by Gasteiger charge is 2.15. The van der Waals surface area contributed by atoms with Gasteiger partial charge in [0.25, 0.3) is 0 Å². The minimum Gasteiger partial charge on any atom is -0.337 e. The van der Waals surface area contributed by atoms with Gasteiger partial charge in [-0.15, -0.1) is 0 Å². The van der Waals surface area contributed by atoms with Crippen LogP contribution in [0.5, 0.6) is 0 Å². The zero-order valence-corrected chi connectivity index (χ0v) is 12.4. The quantitative estimate of drug-likeness (QED) is 0.936. The molecule has 1 N–H and O–H groups in total. The van der Waals surface area contributed by atoms with Gasteiger partial charge in [0.1, 0.15) is 11.9 Å². The highest BCUT2D eigenvalue weighted by molar-refractivity contribution is 5.62. The van der Waals surface area contributed by atoms with Crippen molar-refractivity contribution in [3.8, 4) is 6.07 Å². The average Bonchev–Trinajstić information content (AvgIpc) is 2.95. The highest BCUT2D eigenvalue weighted by Crippen LogP contribution is 2.26. The molecule has 0 aromatic carbocycles. The molecule has 21 heavy (non-hydrogen) atoms. The highest BCUT2D eigenvalue weighted by atomic mass is 15.3. The lowest BCUT2D eigenvalue weighted by Gasteiger charge is -2.17. The fraction of sp³-hybridized carbons (Fsp3) is 0.438. The summed E-state index contributed by atoms with van der Waals surface area (Å²) in [5.41, 5.74) is 3.82. The molecule has 5 nitrogen and oxygen atoms in total. The molecule has 0 atom stereocenters. The van der Waals surface area contributed by atoms with Crippen LogP contribution in [0.3, 0.4) is 0 Å². The molecule has 108 valence electrons. The lowest BCUT2D eigenvalue weighted by Crippen LogP contribution is -2.08. The summed E-state index contributed by atoms with van der Waals surface area (Å²) in [6.07, 6.45) is 8.10. The molecule has 0 radical (unpaired) electrons. The largest absolute Gasteiger partial charge is 0.337 e. The van der Waals surface area contributed by atoms with E-state index in [1.54, 1.807) is 6.20 Å². The molecule has 0 fully saturated rings. The van der Waals surface area contributed by atoms with Gasteiger partial charge in [-0.3, -0.25) is 4.68 Å². The van der Waals surface area contributed by atoms with Gasteiger partial charge in [0.15, 0.2) is 0 Å². The van der Waals surface area contributed by atoms with Crippen LogP contribution in [0.15, 0.2) is 18.5 Å². The Morgan fingerprint density at radius 1 is 1.33 bits per heavy atom. The summed E-state index contributed by atoms with van der Waals surface area (Å²) >= 11 is 0. The first-order valence-corrected chi connectivity index (χ1v) is 7.41. The predicted octanol–water partition coefficient (Wildman–Crippen LogP) is 3.35. The Morgan fingerprint density at radius 3 is 2.86 bits per heavy atom. The fourth-order valence-corrected chi connectivity index (χ4v) is 2.64. The van der Waals surface area contributed by atoms with E-state index in [0.29, 0.717) is 17.4 Å². The number of hydrogen-bond acceptors (Lipinski definition) is 4. The third-order valence-corrected chi connectivity index (χ3v) is 3.81. The molecule has 1 aliphatic carbocycles. The van der Waals surface area contributed by atoms with Crippen molar-refractivity contribution >= 4 is 11.5 Å². The van der Waals surface area contributed by atoms with Crippen LogP contribution in [-0.4, -0.2) is 14.8 Å². The van der Waals surface area contributed by atoms with Crippen molar-refractivity contribution in [1.82, 2.24) is 14.8 Å². The first-order valence-electron chi connectivity index (χ1n) is 7.41. The van der Waals surface area contributed by atoms with Crippen LogP contribution >= 0.6 is 0 Å². The minimum atomic E-state index is 0.312. The molecule has 5 heteroatoms. The van der Waals surface area contributed by atoms with E-state index < -0.39 is 0 Å². The van der Waals surface area contributed by atoms with Gasteiger partial charge >= 0.3 is 0 Å². The van der Waals surface area contributed by atoms with Crippen LogP contribution in [0.1, 0.15) is 49.6 Å². The molecule has 0 unspecified atom stereocenters. The Balaban J connectivity index is 1.92. The van der Waals surface area contributed by atoms with Gasteiger partial charge < -0.3 is 5.32 Å². The fourth-order valence-electron chi connectivity index (χ4n) is 2.64. The van der Waals surface area contributed by atoms with Crippen molar-refractivity contribution in [2.45, 2.75) is 45.6 Å². The van der Waals surface area contributed by atoms with Gasteiger partial charge in [0.05, 0.1) is 17.4 Å². The number of hydrogen-bond donors (Lipinski definition) is 1. The number of aryl methyl sites for hydroxylation is 2. The van der Waals surface area contributed by atoms with E-state index in [1.807, 2.05) is 16.9 Å². The SMILES string of the molecule is CC(C)n1cc(Nc2nc3c(cc2C#N)CCCC3)cn1. The Labute approximate surface area is 124 Å². The third kappa shape index (κ3) is 2.75. The van der Waals surface area contributed by atoms with Crippen LogP contribution in [0.2, 0.25) is 0 Å². The number of nitrogens with zero attached hydrogens (tertiary/aromatic N) is 4. The van der Waals surface area contributed by atoms with E-state index >= 15 is 0 Å². The number of fused-ring (bicyclic) bond motifs is 1. The summed E-state index contributed by atoms with van der Waals surface area (Å²) in [5, 5.41) is 16.9.